The first-order chi connectivity index (χ1) is 10.9. The van der Waals surface area contributed by atoms with Crippen molar-refractivity contribution in [3.8, 4) is 0 Å². The summed E-state index contributed by atoms with van der Waals surface area (Å²) in [6.45, 7) is 2.13. The second kappa shape index (κ2) is 7.48. The maximum absolute atomic E-state index is 12.0. The van der Waals surface area contributed by atoms with Gasteiger partial charge in [0.15, 0.2) is 0 Å². The van der Waals surface area contributed by atoms with Crippen molar-refractivity contribution >= 4 is 27.7 Å². The fourth-order valence-corrected chi connectivity index (χ4v) is 3.11. The number of carbonyl (C=O) groups is 1. The first kappa shape index (κ1) is 17.3. The van der Waals surface area contributed by atoms with Gasteiger partial charge >= 0.3 is 6.03 Å². The smallest absolute Gasteiger partial charge is 0.328 e. The summed E-state index contributed by atoms with van der Waals surface area (Å²) >= 11 is 6.01. The van der Waals surface area contributed by atoms with E-state index in [-0.39, 0.29) is 11.4 Å². The van der Waals surface area contributed by atoms with Crippen LogP contribution in [-0.4, -0.2) is 21.0 Å². The fraction of sp³-hybridized carbons (Fsp3) is 0.188. The van der Waals surface area contributed by atoms with Crippen molar-refractivity contribution in [2.24, 2.45) is 0 Å². The summed E-state index contributed by atoms with van der Waals surface area (Å²) < 4.78 is 26.1. The first-order valence-corrected chi connectivity index (χ1v) is 8.85. The highest BCUT2D eigenvalue weighted by atomic mass is 35.5. The van der Waals surface area contributed by atoms with Crippen molar-refractivity contribution < 1.29 is 13.2 Å². The molecule has 0 unspecified atom stereocenters. The Morgan fingerprint density at radius 2 is 1.74 bits per heavy atom. The van der Waals surface area contributed by atoms with E-state index < -0.39 is 16.1 Å². The lowest BCUT2D eigenvalue weighted by atomic mass is 10.1. The largest absolute Gasteiger partial charge is 0.337 e. The van der Waals surface area contributed by atoms with Gasteiger partial charge < -0.3 is 5.32 Å². The molecule has 7 heteroatoms. The van der Waals surface area contributed by atoms with Crippen LogP contribution in [0.3, 0.4) is 0 Å². The monoisotopic (exact) mass is 352 g/mol. The van der Waals surface area contributed by atoms with Crippen LogP contribution in [-0.2, 0) is 16.4 Å². The van der Waals surface area contributed by atoms with Gasteiger partial charge in [0.2, 0.25) is 0 Å². The lowest BCUT2D eigenvalue weighted by Crippen LogP contribution is -2.40. The van der Waals surface area contributed by atoms with Crippen molar-refractivity contribution in [3.05, 3.63) is 64.7 Å². The van der Waals surface area contributed by atoms with Crippen LogP contribution >= 0.6 is 11.6 Å². The zero-order chi connectivity index (χ0) is 16.9. The molecule has 0 spiro atoms. The van der Waals surface area contributed by atoms with Crippen LogP contribution < -0.4 is 10.0 Å². The molecule has 0 bridgehead atoms. The molecular formula is C16H17ClN2O3S. The zero-order valence-electron chi connectivity index (χ0n) is 12.5. The summed E-state index contributed by atoms with van der Waals surface area (Å²) in [7, 11) is -3.87. The number of nitrogens with one attached hydrogen (secondary N) is 2. The second-order valence-electron chi connectivity index (χ2n) is 5.02. The molecule has 2 N–H and O–H groups in total. The number of amides is 2. The third-order valence-electron chi connectivity index (χ3n) is 3.20. The SMILES string of the molecule is Cc1ccc(S(=O)(=O)NC(=O)NCCc2ccccc2Cl)cc1. The molecular weight excluding hydrogens is 336 g/mol. The Labute approximate surface area is 140 Å². The molecule has 0 aliphatic heterocycles. The van der Waals surface area contributed by atoms with Gasteiger partial charge in [0, 0.05) is 11.6 Å². The van der Waals surface area contributed by atoms with Gasteiger partial charge in [-0.25, -0.2) is 17.9 Å². The van der Waals surface area contributed by atoms with Gasteiger partial charge in [0.05, 0.1) is 4.90 Å². The summed E-state index contributed by atoms with van der Waals surface area (Å²) in [5.74, 6) is 0. The molecule has 5 nitrogen and oxygen atoms in total. The summed E-state index contributed by atoms with van der Waals surface area (Å²) in [6, 6.07) is 12.8. The maximum atomic E-state index is 12.0. The molecule has 2 aromatic rings. The zero-order valence-corrected chi connectivity index (χ0v) is 14.1. The Morgan fingerprint density at radius 1 is 1.09 bits per heavy atom. The van der Waals surface area contributed by atoms with Crippen LogP contribution in [0.4, 0.5) is 4.79 Å². The standard InChI is InChI=1S/C16H17ClN2O3S/c1-12-6-8-14(9-7-12)23(21,22)19-16(20)18-11-10-13-4-2-3-5-15(13)17/h2-9H,10-11H2,1H3,(H2,18,19,20). The molecule has 2 aromatic carbocycles. The molecule has 0 saturated heterocycles. The molecule has 0 aromatic heterocycles. The van der Waals surface area contributed by atoms with Crippen LogP contribution in [0.5, 0.6) is 0 Å². The summed E-state index contributed by atoms with van der Waals surface area (Å²) in [5, 5.41) is 3.12. The predicted molar refractivity (Wildman–Crippen MR) is 90.1 cm³/mol. The Morgan fingerprint density at radius 3 is 2.39 bits per heavy atom. The number of sulfonamides is 1. The Bertz CT molecular complexity index is 789. The van der Waals surface area contributed by atoms with Gasteiger partial charge in [0.1, 0.15) is 0 Å². The van der Waals surface area contributed by atoms with E-state index in [1.807, 2.05) is 29.8 Å². The normalized spacial score (nSPS) is 11.0. The van der Waals surface area contributed by atoms with Gasteiger partial charge in [0.25, 0.3) is 10.0 Å². The van der Waals surface area contributed by atoms with E-state index in [1.165, 1.54) is 12.1 Å². The molecule has 0 heterocycles. The van der Waals surface area contributed by atoms with Gasteiger partial charge in [-0.15, -0.1) is 0 Å². The molecule has 0 atom stereocenters. The maximum Gasteiger partial charge on any atom is 0.328 e. The summed E-state index contributed by atoms with van der Waals surface area (Å²) in [6.07, 6.45) is 0.512. The average molecular weight is 353 g/mol. The Kier molecular flexibility index (Phi) is 5.63. The number of hydrogen-bond acceptors (Lipinski definition) is 3. The third kappa shape index (κ3) is 4.97. The Hall–Kier alpha value is -2.05. The number of aryl methyl sites for hydroxylation is 1. The van der Waals surface area contributed by atoms with Crippen molar-refractivity contribution in [3.63, 3.8) is 0 Å². The van der Waals surface area contributed by atoms with Crippen molar-refractivity contribution in [1.29, 1.82) is 0 Å². The van der Waals surface area contributed by atoms with E-state index in [9.17, 15) is 13.2 Å². The Balaban J connectivity index is 1.89. The van der Waals surface area contributed by atoms with E-state index in [1.54, 1.807) is 18.2 Å². The van der Waals surface area contributed by atoms with Crippen LogP contribution in [0.25, 0.3) is 0 Å². The number of urea groups is 1. The molecule has 2 amide bonds. The van der Waals surface area contributed by atoms with Gasteiger partial charge in [-0.1, -0.05) is 47.5 Å². The highest BCUT2D eigenvalue weighted by Gasteiger charge is 2.16. The quantitative estimate of drug-likeness (QED) is 0.868. The van der Waals surface area contributed by atoms with E-state index in [4.69, 9.17) is 11.6 Å². The molecule has 23 heavy (non-hydrogen) atoms. The molecule has 122 valence electrons. The van der Waals surface area contributed by atoms with Crippen molar-refractivity contribution in [1.82, 2.24) is 10.0 Å². The lowest BCUT2D eigenvalue weighted by molar-refractivity contribution is 0.246. The number of halogens is 1. The predicted octanol–water partition coefficient (Wildman–Crippen LogP) is 2.88. The van der Waals surface area contributed by atoms with Crippen LogP contribution in [0.2, 0.25) is 5.02 Å². The fourth-order valence-electron chi connectivity index (χ4n) is 1.95. The van der Waals surface area contributed by atoms with Crippen molar-refractivity contribution in [2.45, 2.75) is 18.2 Å². The number of benzene rings is 2. The highest BCUT2D eigenvalue weighted by Crippen LogP contribution is 2.14. The van der Waals surface area contributed by atoms with E-state index >= 15 is 0 Å². The van der Waals surface area contributed by atoms with E-state index in [0.717, 1.165) is 11.1 Å². The number of rotatable bonds is 5. The number of hydrogen-bond donors (Lipinski definition) is 2. The first-order valence-electron chi connectivity index (χ1n) is 6.99. The second-order valence-corrected chi connectivity index (χ2v) is 7.11. The molecule has 0 saturated carbocycles. The van der Waals surface area contributed by atoms with Crippen LogP contribution in [0.15, 0.2) is 53.4 Å². The average Bonchev–Trinajstić information content (AvgIpc) is 2.49. The van der Waals surface area contributed by atoms with Crippen LogP contribution in [0, 0.1) is 6.92 Å². The summed E-state index contributed by atoms with van der Waals surface area (Å²) in [5.41, 5.74) is 1.82. The van der Waals surface area contributed by atoms with Crippen LogP contribution in [0.1, 0.15) is 11.1 Å². The molecule has 0 aliphatic rings. The minimum atomic E-state index is -3.87. The summed E-state index contributed by atoms with van der Waals surface area (Å²) in [4.78, 5) is 11.8. The van der Waals surface area contributed by atoms with Gasteiger partial charge in [-0.2, -0.15) is 0 Å². The molecule has 0 fully saturated rings. The molecule has 0 aliphatic carbocycles. The molecule has 2 rings (SSSR count). The number of carbonyl (C=O) groups excluding carboxylic acids is 1. The minimum Gasteiger partial charge on any atom is -0.337 e. The van der Waals surface area contributed by atoms with E-state index in [2.05, 4.69) is 5.32 Å². The molecule has 0 radical (unpaired) electrons. The van der Waals surface area contributed by atoms with Gasteiger partial charge in [-0.05, 0) is 37.1 Å². The lowest BCUT2D eigenvalue weighted by Gasteiger charge is -2.09. The van der Waals surface area contributed by atoms with Crippen molar-refractivity contribution in [2.75, 3.05) is 6.54 Å². The minimum absolute atomic E-state index is 0.0457. The van der Waals surface area contributed by atoms with Gasteiger partial charge in [-0.3, -0.25) is 0 Å². The topological polar surface area (TPSA) is 75.3 Å². The van der Waals surface area contributed by atoms with E-state index in [0.29, 0.717) is 11.4 Å². The highest BCUT2D eigenvalue weighted by molar-refractivity contribution is 7.90. The third-order valence-corrected chi connectivity index (χ3v) is 4.91.